The summed E-state index contributed by atoms with van der Waals surface area (Å²) in [6.07, 6.45) is 1.65. The van der Waals surface area contributed by atoms with E-state index in [2.05, 4.69) is 4.98 Å². The van der Waals surface area contributed by atoms with Crippen molar-refractivity contribution in [2.45, 2.75) is 6.61 Å². The zero-order valence-electron chi connectivity index (χ0n) is 7.90. The molecule has 3 heteroatoms. The highest BCUT2D eigenvalue weighted by Crippen LogP contribution is 2.20. The van der Waals surface area contributed by atoms with Crippen LogP contribution in [-0.4, -0.2) is 17.2 Å². The maximum Gasteiger partial charge on any atom is 0.137 e. The summed E-state index contributed by atoms with van der Waals surface area (Å²) in [6, 6.07) is 7.61. The summed E-state index contributed by atoms with van der Waals surface area (Å²) in [5.41, 5.74) is 1.67. The molecule has 0 radical (unpaired) electrons. The van der Waals surface area contributed by atoms with Gasteiger partial charge in [-0.2, -0.15) is 0 Å². The summed E-state index contributed by atoms with van der Waals surface area (Å²) in [6.45, 7) is 0.0106. The maximum atomic E-state index is 9.09. The van der Waals surface area contributed by atoms with Gasteiger partial charge >= 0.3 is 0 Å². The fourth-order valence-electron chi connectivity index (χ4n) is 1.44. The first-order valence-corrected chi connectivity index (χ1v) is 4.37. The van der Waals surface area contributed by atoms with Crippen LogP contribution in [-0.2, 0) is 6.61 Å². The molecule has 0 atom stereocenters. The molecule has 0 fully saturated rings. The Labute approximate surface area is 82.0 Å². The van der Waals surface area contributed by atoms with Crippen LogP contribution in [0.2, 0.25) is 0 Å². The number of pyridine rings is 1. The lowest BCUT2D eigenvalue weighted by Gasteiger charge is -2.04. The average molecular weight is 189 g/mol. The number of nitrogens with zero attached hydrogens (tertiary/aromatic N) is 1. The fourth-order valence-corrected chi connectivity index (χ4v) is 1.44. The van der Waals surface area contributed by atoms with E-state index in [0.29, 0.717) is 0 Å². The molecule has 0 spiro atoms. The van der Waals surface area contributed by atoms with E-state index in [0.717, 1.165) is 22.2 Å². The number of hydrogen-bond acceptors (Lipinski definition) is 3. The largest absolute Gasteiger partial charge is 0.495 e. The third-order valence-electron chi connectivity index (χ3n) is 2.18. The smallest absolute Gasteiger partial charge is 0.137 e. The second-order valence-corrected chi connectivity index (χ2v) is 3.02. The lowest BCUT2D eigenvalue weighted by molar-refractivity contribution is 0.283. The average Bonchev–Trinajstić information content (AvgIpc) is 2.27. The monoisotopic (exact) mass is 189 g/mol. The first-order valence-electron chi connectivity index (χ1n) is 4.37. The minimum absolute atomic E-state index is 0.0106. The topological polar surface area (TPSA) is 42.4 Å². The Bertz CT molecular complexity index is 454. The molecule has 1 aromatic heterocycles. The van der Waals surface area contributed by atoms with Crippen LogP contribution in [0, 0.1) is 0 Å². The molecule has 0 aliphatic carbocycles. The van der Waals surface area contributed by atoms with E-state index in [-0.39, 0.29) is 6.61 Å². The van der Waals surface area contributed by atoms with Crippen LogP contribution in [0.3, 0.4) is 0 Å². The van der Waals surface area contributed by atoms with Crippen molar-refractivity contribution < 1.29 is 9.84 Å². The lowest BCUT2D eigenvalue weighted by Crippen LogP contribution is -1.90. The van der Waals surface area contributed by atoms with Gasteiger partial charge in [-0.25, -0.2) is 0 Å². The van der Waals surface area contributed by atoms with Gasteiger partial charge in [0, 0.05) is 10.9 Å². The molecule has 14 heavy (non-hydrogen) atoms. The molecule has 0 aliphatic rings. The Kier molecular flexibility index (Phi) is 2.33. The van der Waals surface area contributed by atoms with Gasteiger partial charge < -0.3 is 9.84 Å². The van der Waals surface area contributed by atoms with Gasteiger partial charge in [0.15, 0.2) is 0 Å². The molecule has 0 saturated carbocycles. The molecule has 0 unspecified atom stereocenters. The van der Waals surface area contributed by atoms with Gasteiger partial charge in [-0.1, -0.05) is 18.2 Å². The third-order valence-corrected chi connectivity index (χ3v) is 2.18. The lowest BCUT2D eigenvalue weighted by atomic mass is 10.1. The molecule has 1 N–H and O–H groups in total. The number of benzene rings is 1. The number of aliphatic hydroxyl groups excluding tert-OH is 1. The van der Waals surface area contributed by atoms with Crippen LogP contribution in [0.1, 0.15) is 5.56 Å². The second kappa shape index (κ2) is 3.64. The first kappa shape index (κ1) is 8.97. The van der Waals surface area contributed by atoms with Gasteiger partial charge in [0.25, 0.3) is 0 Å². The molecular formula is C11H11NO2. The number of aliphatic hydroxyl groups is 1. The summed E-state index contributed by atoms with van der Waals surface area (Å²) in [7, 11) is 1.61. The minimum atomic E-state index is 0.0106. The van der Waals surface area contributed by atoms with Crippen LogP contribution in [0.4, 0.5) is 0 Å². The van der Waals surface area contributed by atoms with Gasteiger partial charge in [0.1, 0.15) is 5.75 Å². The number of rotatable bonds is 2. The van der Waals surface area contributed by atoms with Crippen molar-refractivity contribution in [1.82, 2.24) is 4.98 Å². The SMILES string of the molecule is COc1cnc2c(CO)cccc2c1. The number of methoxy groups -OCH3 is 1. The maximum absolute atomic E-state index is 9.09. The van der Waals surface area contributed by atoms with Crippen molar-refractivity contribution in [2.24, 2.45) is 0 Å². The van der Waals surface area contributed by atoms with Crippen molar-refractivity contribution in [3.8, 4) is 5.75 Å². The zero-order chi connectivity index (χ0) is 9.97. The zero-order valence-corrected chi connectivity index (χ0v) is 7.90. The van der Waals surface area contributed by atoms with E-state index in [1.54, 1.807) is 13.3 Å². The van der Waals surface area contributed by atoms with Crippen molar-refractivity contribution in [3.63, 3.8) is 0 Å². The van der Waals surface area contributed by atoms with Crippen LogP contribution in [0.15, 0.2) is 30.5 Å². The molecule has 3 nitrogen and oxygen atoms in total. The molecule has 72 valence electrons. The molecule has 1 heterocycles. The van der Waals surface area contributed by atoms with E-state index < -0.39 is 0 Å². The molecule has 2 rings (SSSR count). The molecule has 2 aromatic rings. The van der Waals surface area contributed by atoms with Gasteiger partial charge in [-0.05, 0) is 6.07 Å². The van der Waals surface area contributed by atoms with Gasteiger partial charge in [0.2, 0.25) is 0 Å². The van der Waals surface area contributed by atoms with E-state index in [1.807, 2.05) is 24.3 Å². The second-order valence-electron chi connectivity index (χ2n) is 3.02. The number of hydrogen-bond donors (Lipinski definition) is 1. The summed E-state index contributed by atoms with van der Waals surface area (Å²) in [4.78, 5) is 4.24. The van der Waals surface area contributed by atoms with Crippen molar-refractivity contribution >= 4 is 10.9 Å². The highest BCUT2D eigenvalue weighted by Gasteiger charge is 2.01. The molecule has 0 aliphatic heterocycles. The molecule has 0 saturated heterocycles. The molecule has 1 aromatic carbocycles. The third kappa shape index (κ3) is 1.42. The van der Waals surface area contributed by atoms with E-state index in [9.17, 15) is 0 Å². The van der Waals surface area contributed by atoms with E-state index >= 15 is 0 Å². The van der Waals surface area contributed by atoms with Gasteiger partial charge in [0.05, 0.1) is 25.4 Å². The standard InChI is InChI=1S/C11H11NO2/c1-14-10-5-8-3-2-4-9(7-13)11(8)12-6-10/h2-6,13H,7H2,1H3. The summed E-state index contributed by atoms with van der Waals surface area (Å²) < 4.78 is 5.07. The van der Waals surface area contributed by atoms with Crippen molar-refractivity contribution in [1.29, 1.82) is 0 Å². The number of para-hydroxylation sites is 1. The van der Waals surface area contributed by atoms with Crippen LogP contribution < -0.4 is 4.74 Å². The van der Waals surface area contributed by atoms with Crippen LogP contribution in [0.25, 0.3) is 10.9 Å². The molecule has 0 amide bonds. The van der Waals surface area contributed by atoms with Crippen LogP contribution in [0.5, 0.6) is 5.75 Å². The Morgan fingerprint density at radius 2 is 2.29 bits per heavy atom. The summed E-state index contributed by atoms with van der Waals surface area (Å²) >= 11 is 0. The quantitative estimate of drug-likeness (QED) is 0.782. The summed E-state index contributed by atoms with van der Waals surface area (Å²) in [5.74, 6) is 0.729. The summed E-state index contributed by atoms with van der Waals surface area (Å²) in [5, 5.41) is 10.1. The predicted octanol–water partition coefficient (Wildman–Crippen LogP) is 1.74. The normalized spacial score (nSPS) is 10.4. The molecule has 0 bridgehead atoms. The van der Waals surface area contributed by atoms with E-state index in [1.165, 1.54) is 0 Å². The number of fused-ring (bicyclic) bond motifs is 1. The van der Waals surface area contributed by atoms with Gasteiger partial charge in [-0.3, -0.25) is 4.98 Å². The fraction of sp³-hybridized carbons (Fsp3) is 0.182. The Morgan fingerprint density at radius 1 is 1.43 bits per heavy atom. The first-order chi connectivity index (χ1) is 6.85. The van der Waals surface area contributed by atoms with Crippen molar-refractivity contribution in [2.75, 3.05) is 7.11 Å². The van der Waals surface area contributed by atoms with Crippen molar-refractivity contribution in [3.05, 3.63) is 36.0 Å². The van der Waals surface area contributed by atoms with Crippen LogP contribution >= 0.6 is 0 Å². The Balaban J connectivity index is 2.67. The number of ether oxygens (including phenoxy) is 1. The minimum Gasteiger partial charge on any atom is -0.495 e. The number of aromatic nitrogens is 1. The van der Waals surface area contributed by atoms with Gasteiger partial charge in [-0.15, -0.1) is 0 Å². The van der Waals surface area contributed by atoms with E-state index in [4.69, 9.17) is 9.84 Å². The highest BCUT2D eigenvalue weighted by atomic mass is 16.5. The molecular weight excluding hydrogens is 178 g/mol. The predicted molar refractivity (Wildman–Crippen MR) is 54.2 cm³/mol. The highest BCUT2D eigenvalue weighted by molar-refractivity contribution is 5.82. The Hall–Kier alpha value is -1.61. The Morgan fingerprint density at radius 3 is 3.00 bits per heavy atom.